The van der Waals surface area contributed by atoms with Crippen molar-refractivity contribution in [3.8, 4) is 0 Å². The maximum absolute atomic E-state index is 10.9. The lowest BCUT2D eigenvalue weighted by Gasteiger charge is -2.28. The van der Waals surface area contributed by atoms with Crippen LogP contribution in [0.3, 0.4) is 0 Å². The number of nitro benzene ring substituents is 1. The predicted molar refractivity (Wildman–Crippen MR) is 95.4 cm³/mol. The van der Waals surface area contributed by atoms with Crippen molar-refractivity contribution in [1.29, 1.82) is 0 Å². The van der Waals surface area contributed by atoms with Gasteiger partial charge in [0.25, 0.3) is 5.69 Å². The molecular formula is C17H21N5O3. The summed E-state index contributed by atoms with van der Waals surface area (Å²) >= 11 is 0. The van der Waals surface area contributed by atoms with Gasteiger partial charge in [0.05, 0.1) is 18.1 Å². The number of non-ortho nitro benzene ring substituents is 1. The predicted octanol–water partition coefficient (Wildman–Crippen LogP) is 2.92. The fraction of sp³-hybridized carbons (Fsp3) is 0.412. The van der Waals surface area contributed by atoms with E-state index in [0.717, 1.165) is 37.4 Å². The first-order valence-corrected chi connectivity index (χ1v) is 8.38. The van der Waals surface area contributed by atoms with E-state index in [1.165, 1.54) is 12.1 Å². The van der Waals surface area contributed by atoms with Crippen molar-refractivity contribution in [3.63, 3.8) is 0 Å². The lowest BCUT2D eigenvalue weighted by Crippen LogP contribution is -2.37. The van der Waals surface area contributed by atoms with Crippen molar-refractivity contribution in [1.82, 2.24) is 9.97 Å². The van der Waals surface area contributed by atoms with Crippen molar-refractivity contribution in [2.75, 3.05) is 36.5 Å². The van der Waals surface area contributed by atoms with E-state index in [0.29, 0.717) is 24.8 Å². The van der Waals surface area contributed by atoms with Crippen molar-refractivity contribution in [2.45, 2.75) is 19.8 Å². The molecule has 8 heteroatoms. The van der Waals surface area contributed by atoms with Gasteiger partial charge in [-0.1, -0.05) is 19.4 Å². The van der Waals surface area contributed by atoms with E-state index in [1.54, 1.807) is 12.1 Å². The molecule has 1 aliphatic rings. The second-order valence-electron chi connectivity index (χ2n) is 5.82. The van der Waals surface area contributed by atoms with Gasteiger partial charge in [-0.25, -0.2) is 4.98 Å². The normalized spacial score (nSPS) is 14.4. The molecule has 0 amide bonds. The number of hydrogen-bond donors (Lipinski definition) is 1. The summed E-state index contributed by atoms with van der Waals surface area (Å²) < 4.78 is 5.40. The van der Waals surface area contributed by atoms with Gasteiger partial charge < -0.3 is 15.0 Å². The zero-order valence-electron chi connectivity index (χ0n) is 14.1. The lowest BCUT2D eigenvalue weighted by molar-refractivity contribution is -0.384. The molecule has 25 heavy (non-hydrogen) atoms. The van der Waals surface area contributed by atoms with Crippen LogP contribution in [-0.4, -0.2) is 41.2 Å². The smallest absolute Gasteiger partial charge is 0.271 e. The number of nitro groups is 1. The maximum Gasteiger partial charge on any atom is 0.271 e. The van der Waals surface area contributed by atoms with Crippen LogP contribution in [0.5, 0.6) is 0 Å². The van der Waals surface area contributed by atoms with E-state index < -0.39 is 4.92 Å². The summed E-state index contributed by atoms with van der Waals surface area (Å²) in [7, 11) is 0. The quantitative estimate of drug-likeness (QED) is 0.636. The molecule has 1 N–H and O–H groups in total. The molecule has 0 radical (unpaired) electrons. The highest BCUT2D eigenvalue weighted by Crippen LogP contribution is 2.22. The van der Waals surface area contributed by atoms with E-state index >= 15 is 0 Å². The van der Waals surface area contributed by atoms with Crippen LogP contribution in [-0.2, 0) is 11.2 Å². The Morgan fingerprint density at radius 3 is 2.80 bits per heavy atom. The lowest BCUT2D eigenvalue weighted by atomic mass is 10.2. The van der Waals surface area contributed by atoms with Crippen LogP contribution in [0.4, 0.5) is 23.1 Å². The minimum absolute atomic E-state index is 0.0307. The summed E-state index contributed by atoms with van der Waals surface area (Å²) in [6, 6.07) is 8.34. The van der Waals surface area contributed by atoms with Crippen molar-refractivity contribution in [2.24, 2.45) is 0 Å². The van der Waals surface area contributed by atoms with Crippen LogP contribution in [0.15, 0.2) is 30.3 Å². The third-order valence-corrected chi connectivity index (χ3v) is 3.92. The molecule has 8 nitrogen and oxygen atoms in total. The van der Waals surface area contributed by atoms with E-state index in [4.69, 9.17) is 4.74 Å². The van der Waals surface area contributed by atoms with Gasteiger partial charge in [-0.15, -0.1) is 0 Å². The molecule has 0 atom stereocenters. The molecule has 132 valence electrons. The Morgan fingerprint density at radius 1 is 1.28 bits per heavy atom. The SMILES string of the molecule is CCCc1cc(N2CCOCC2)nc(Nc2cccc([N+](=O)[O-])c2)n1. The van der Waals surface area contributed by atoms with Gasteiger partial charge in [-0.2, -0.15) is 4.98 Å². The van der Waals surface area contributed by atoms with Crippen molar-refractivity contribution >= 4 is 23.1 Å². The second-order valence-corrected chi connectivity index (χ2v) is 5.82. The molecule has 3 rings (SSSR count). The highest BCUT2D eigenvalue weighted by molar-refractivity contribution is 5.59. The number of morpholine rings is 1. The molecule has 1 aromatic carbocycles. The number of aromatic nitrogens is 2. The monoisotopic (exact) mass is 343 g/mol. The average molecular weight is 343 g/mol. The first-order chi connectivity index (χ1) is 12.2. The molecule has 1 aromatic heterocycles. The Balaban J connectivity index is 1.87. The molecule has 2 heterocycles. The second kappa shape index (κ2) is 7.89. The standard InChI is InChI=1S/C17H21N5O3/c1-2-4-13-12-16(21-7-9-25-10-8-21)20-17(18-13)19-14-5-3-6-15(11-14)22(23)24/h3,5-6,11-12H,2,4,7-10H2,1H3,(H,18,19,20). The summed E-state index contributed by atoms with van der Waals surface area (Å²) in [6.45, 7) is 5.04. The van der Waals surface area contributed by atoms with Crippen LogP contribution >= 0.6 is 0 Å². The Morgan fingerprint density at radius 2 is 2.08 bits per heavy atom. The zero-order valence-corrected chi connectivity index (χ0v) is 14.1. The number of ether oxygens (including phenoxy) is 1. The number of anilines is 3. The molecule has 0 bridgehead atoms. The van der Waals surface area contributed by atoms with Gasteiger partial charge in [-0.05, 0) is 12.5 Å². The molecule has 0 aliphatic carbocycles. The zero-order chi connectivity index (χ0) is 17.6. The fourth-order valence-corrected chi connectivity index (χ4v) is 2.70. The molecular weight excluding hydrogens is 322 g/mol. The van der Waals surface area contributed by atoms with Gasteiger partial charge in [0.1, 0.15) is 5.82 Å². The van der Waals surface area contributed by atoms with Crippen molar-refractivity contribution < 1.29 is 9.66 Å². The number of benzene rings is 1. The molecule has 0 spiro atoms. The molecule has 0 saturated carbocycles. The molecule has 1 fully saturated rings. The minimum Gasteiger partial charge on any atom is -0.378 e. The summed E-state index contributed by atoms with van der Waals surface area (Å²) in [4.78, 5) is 21.8. The van der Waals surface area contributed by atoms with Gasteiger partial charge in [0, 0.05) is 42.7 Å². The van der Waals surface area contributed by atoms with E-state index in [9.17, 15) is 10.1 Å². The average Bonchev–Trinajstić information content (AvgIpc) is 2.63. The van der Waals surface area contributed by atoms with Crippen LogP contribution in [0, 0.1) is 10.1 Å². The summed E-state index contributed by atoms with van der Waals surface area (Å²) in [5.74, 6) is 1.31. The highest BCUT2D eigenvalue weighted by Gasteiger charge is 2.15. The first-order valence-electron chi connectivity index (χ1n) is 8.38. The van der Waals surface area contributed by atoms with E-state index in [2.05, 4.69) is 27.1 Å². The number of hydrogen-bond acceptors (Lipinski definition) is 7. The third-order valence-electron chi connectivity index (χ3n) is 3.92. The summed E-state index contributed by atoms with van der Waals surface area (Å²) in [5, 5.41) is 14.0. The Labute approximate surface area is 146 Å². The Hall–Kier alpha value is -2.74. The molecule has 1 saturated heterocycles. The number of nitrogens with one attached hydrogen (secondary N) is 1. The number of nitrogens with zero attached hydrogens (tertiary/aromatic N) is 4. The van der Waals surface area contributed by atoms with E-state index in [1.807, 2.05) is 6.07 Å². The molecule has 2 aromatic rings. The maximum atomic E-state index is 10.9. The van der Waals surface area contributed by atoms with Crippen molar-refractivity contribution in [3.05, 3.63) is 46.1 Å². The highest BCUT2D eigenvalue weighted by atomic mass is 16.6. The van der Waals surface area contributed by atoms with Crippen LogP contribution in [0.25, 0.3) is 0 Å². The Kier molecular flexibility index (Phi) is 5.39. The molecule has 1 aliphatic heterocycles. The van der Waals surface area contributed by atoms with Gasteiger partial charge in [-0.3, -0.25) is 10.1 Å². The minimum atomic E-state index is -0.418. The van der Waals surface area contributed by atoms with Crippen LogP contribution < -0.4 is 10.2 Å². The van der Waals surface area contributed by atoms with Gasteiger partial charge in [0.2, 0.25) is 5.95 Å². The van der Waals surface area contributed by atoms with Gasteiger partial charge in [0.15, 0.2) is 0 Å². The summed E-state index contributed by atoms with van der Waals surface area (Å²) in [5.41, 5.74) is 1.57. The first kappa shape index (κ1) is 17.1. The largest absolute Gasteiger partial charge is 0.378 e. The summed E-state index contributed by atoms with van der Waals surface area (Å²) in [6.07, 6.45) is 1.83. The number of rotatable bonds is 6. The third kappa shape index (κ3) is 4.42. The van der Waals surface area contributed by atoms with Gasteiger partial charge >= 0.3 is 0 Å². The fourth-order valence-electron chi connectivity index (χ4n) is 2.70. The Bertz CT molecular complexity index is 747. The van der Waals surface area contributed by atoms with Crippen LogP contribution in [0.1, 0.15) is 19.0 Å². The van der Waals surface area contributed by atoms with Crippen LogP contribution in [0.2, 0.25) is 0 Å². The number of aryl methyl sites for hydroxylation is 1. The topological polar surface area (TPSA) is 93.4 Å². The van der Waals surface area contributed by atoms with E-state index in [-0.39, 0.29) is 5.69 Å². The molecule has 0 unspecified atom stereocenters.